The summed E-state index contributed by atoms with van der Waals surface area (Å²) in [4.78, 5) is 25.3. The first-order valence-electron chi connectivity index (χ1n) is 10.6. The van der Waals surface area contributed by atoms with Gasteiger partial charge in [0.05, 0.1) is 12.1 Å². The number of hydrogen-bond acceptors (Lipinski definition) is 4. The van der Waals surface area contributed by atoms with Crippen LogP contribution in [0.2, 0.25) is 18.1 Å². The number of carbonyl (C=O) groups excluding carboxylic acids is 1. The van der Waals surface area contributed by atoms with Gasteiger partial charge in [-0.15, -0.1) is 0 Å². The van der Waals surface area contributed by atoms with E-state index in [2.05, 4.69) is 39.2 Å². The molecule has 2 rings (SSSR count). The van der Waals surface area contributed by atoms with E-state index in [4.69, 9.17) is 9.16 Å². The Balaban J connectivity index is 2.27. The lowest BCUT2D eigenvalue weighted by Crippen LogP contribution is -2.48. The maximum Gasteiger partial charge on any atom is 0.412 e. The molecule has 1 aliphatic rings. The molecule has 1 aliphatic carbocycles. The van der Waals surface area contributed by atoms with E-state index in [1.54, 1.807) is 43.7 Å². The highest BCUT2D eigenvalue weighted by molar-refractivity contribution is 6.74. The predicted molar refractivity (Wildman–Crippen MR) is 120 cm³/mol. The van der Waals surface area contributed by atoms with Crippen molar-refractivity contribution in [1.29, 1.82) is 0 Å². The van der Waals surface area contributed by atoms with Gasteiger partial charge in [-0.1, -0.05) is 33.6 Å². The predicted octanol–water partition coefficient (Wildman–Crippen LogP) is 5.70. The maximum atomic E-state index is 13.1. The van der Waals surface area contributed by atoms with Crippen LogP contribution in [-0.2, 0) is 9.16 Å². The SMILES string of the molecule is CC(C)(C)OC(=O)Nc1cccn([C@H]2CCCC[C@H]2O[Si](C)(C)C(C)(C)C)c1=O. The van der Waals surface area contributed by atoms with Crippen molar-refractivity contribution in [2.75, 3.05) is 5.32 Å². The lowest BCUT2D eigenvalue weighted by atomic mass is 9.92. The molecule has 0 saturated heterocycles. The monoisotopic (exact) mass is 422 g/mol. The zero-order chi connectivity index (χ0) is 22.0. The van der Waals surface area contributed by atoms with Gasteiger partial charge in [0.1, 0.15) is 11.3 Å². The molecule has 1 aromatic rings. The average Bonchev–Trinajstić information content (AvgIpc) is 2.54. The van der Waals surface area contributed by atoms with Gasteiger partial charge in [-0.3, -0.25) is 10.1 Å². The van der Waals surface area contributed by atoms with Crippen molar-refractivity contribution in [3.8, 4) is 0 Å². The second-order valence-corrected chi connectivity index (χ2v) is 15.3. The molecule has 0 radical (unpaired) electrons. The summed E-state index contributed by atoms with van der Waals surface area (Å²) in [5.74, 6) is 0. The summed E-state index contributed by atoms with van der Waals surface area (Å²) in [7, 11) is -1.96. The zero-order valence-corrected chi connectivity index (χ0v) is 20.3. The molecule has 29 heavy (non-hydrogen) atoms. The van der Waals surface area contributed by atoms with Gasteiger partial charge in [0.25, 0.3) is 5.56 Å². The van der Waals surface area contributed by atoms with Crippen LogP contribution >= 0.6 is 0 Å². The normalized spacial score (nSPS) is 21.0. The van der Waals surface area contributed by atoms with Gasteiger partial charge in [-0.25, -0.2) is 4.79 Å². The Hall–Kier alpha value is -1.60. The van der Waals surface area contributed by atoms with Crippen LogP contribution < -0.4 is 10.9 Å². The van der Waals surface area contributed by atoms with Crippen LogP contribution in [0.15, 0.2) is 23.1 Å². The highest BCUT2D eigenvalue weighted by Crippen LogP contribution is 2.41. The number of nitrogens with one attached hydrogen (secondary N) is 1. The molecule has 0 bridgehead atoms. The van der Waals surface area contributed by atoms with Gasteiger partial charge >= 0.3 is 6.09 Å². The molecule has 1 heterocycles. The number of carbonyl (C=O) groups is 1. The van der Waals surface area contributed by atoms with Crippen LogP contribution in [0.25, 0.3) is 0 Å². The van der Waals surface area contributed by atoms with E-state index >= 15 is 0 Å². The Morgan fingerprint density at radius 2 is 1.76 bits per heavy atom. The summed E-state index contributed by atoms with van der Waals surface area (Å²) in [6, 6.07) is 3.40. The molecule has 1 N–H and O–H groups in total. The smallest absolute Gasteiger partial charge is 0.412 e. The first kappa shape index (κ1) is 23.7. The van der Waals surface area contributed by atoms with Crippen LogP contribution in [0.3, 0.4) is 0 Å². The summed E-state index contributed by atoms with van der Waals surface area (Å²) in [5, 5.41) is 2.72. The number of nitrogens with zero attached hydrogens (tertiary/aromatic N) is 1. The molecule has 6 nitrogen and oxygen atoms in total. The Kier molecular flexibility index (Phi) is 7.05. The number of amides is 1. The van der Waals surface area contributed by atoms with Gasteiger partial charge in [-0.05, 0) is 63.9 Å². The Labute approximate surface area is 176 Å². The molecule has 1 amide bonds. The fourth-order valence-electron chi connectivity index (χ4n) is 3.37. The second-order valence-electron chi connectivity index (χ2n) is 10.5. The minimum absolute atomic E-state index is 0.0131. The van der Waals surface area contributed by atoms with E-state index in [0.29, 0.717) is 0 Å². The fourth-order valence-corrected chi connectivity index (χ4v) is 4.75. The number of ether oxygens (including phenoxy) is 1. The molecular formula is C22H38N2O4Si. The van der Waals surface area contributed by atoms with Gasteiger partial charge in [0, 0.05) is 6.20 Å². The van der Waals surface area contributed by atoms with Crippen molar-refractivity contribution in [3.05, 3.63) is 28.7 Å². The molecule has 0 aromatic carbocycles. The van der Waals surface area contributed by atoms with Crippen LogP contribution in [0.4, 0.5) is 10.5 Å². The molecule has 0 aliphatic heterocycles. The molecule has 1 aromatic heterocycles. The van der Waals surface area contributed by atoms with E-state index in [9.17, 15) is 9.59 Å². The van der Waals surface area contributed by atoms with Crippen LogP contribution in [0.5, 0.6) is 0 Å². The van der Waals surface area contributed by atoms with Crippen molar-refractivity contribution in [1.82, 2.24) is 4.57 Å². The third kappa shape index (κ3) is 6.19. The second kappa shape index (κ2) is 8.64. The van der Waals surface area contributed by atoms with E-state index in [1.165, 1.54) is 0 Å². The standard InChI is InChI=1S/C22H38N2O4Si/c1-21(2,3)27-20(26)23-16-12-11-15-24(19(16)25)17-13-9-10-14-18(17)28-29(7,8)22(4,5)6/h11-12,15,17-18H,9-10,13-14H2,1-8H3,(H,23,26)/t17-,18+/m0/s1. The largest absolute Gasteiger partial charge is 0.444 e. The lowest BCUT2D eigenvalue weighted by Gasteiger charge is -2.43. The Morgan fingerprint density at radius 1 is 1.14 bits per heavy atom. The molecule has 1 fully saturated rings. The molecule has 7 heteroatoms. The first-order valence-corrected chi connectivity index (χ1v) is 13.5. The van der Waals surface area contributed by atoms with E-state index in [1.807, 2.05) is 0 Å². The van der Waals surface area contributed by atoms with Gasteiger partial charge in [0.15, 0.2) is 8.32 Å². The van der Waals surface area contributed by atoms with Gasteiger partial charge in [0.2, 0.25) is 0 Å². The van der Waals surface area contributed by atoms with Crippen LogP contribution in [0, 0.1) is 0 Å². The third-order valence-electron chi connectivity index (χ3n) is 5.89. The first-order chi connectivity index (χ1) is 13.2. The van der Waals surface area contributed by atoms with Crippen LogP contribution in [-0.4, -0.2) is 30.7 Å². The van der Waals surface area contributed by atoms with Crippen LogP contribution in [0.1, 0.15) is 73.3 Å². The van der Waals surface area contributed by atoms with E-state index in [0.717, 1.165) is 25.7 Å². The molecule has 0 unspecified atom stereocenters. The number of anilines is 1. The topological polar surface area (TPSA) is 69.6 Å². The maximum absolute atomic E-state index is 13.1. The van der Waals surface area contributed by atoms with E-state index < -0.39 is 20.0 Å². The number of aromatic nitrogens is 1. The lowest BCUT2D eigenvalue weighted by molar-refractivity contribution is 0.0635. The van der Waals surface area contributed by atoms with Crippen molar-refractivity contribution < 1.29 is 14.0 Å². The molecule has 0 spiro atoms. The highest BCUT2D eigenvalue weighted by Gasteiger charge is 2.41. The summed E-state index contributed by atoms with van der Waals surface area (Å²) in [6.07, 6.45) is 5.23. The summed E-state index contributed by atoms with van der Waals surface area (Å²) in [5.41, 5.74) is -0.601. The molecular weight excluding hydrogens is 384 g/mol. The summed E-state index contributed by atoms with van der Waals surface area (Å²) >= 11 is 0. The number of hydrogen-bond donors (Lipinski definition) is 1. The fraction of sp³-hybridized carbons (Fsp3) is 0.727. The quantitative estimate of drug-likeness (QED) is 0.632. The van der Waals surface area contributed by atoms with Crippen molar-refractivity contribution in [2.45, 2.75) is 103 Å². The Morgan fingerprint density at radius 3 is 2.34 bits per heavy atom. The van der Waals surface area contributed by atoms with E-state index in [-0.39, 0.29) is 28.4 Å². The Bertz CT molecular complexity index is 774. The molecule has 1 saturated carbocycles. The highest BCUT2D eigenvalue weighted by atomic mass is 28.4. The number of pyridine rings is 1. The average molecular weight is 423 g/mol. The van der Waals surface area contributed by atoms with Gasteiger partial charge < -0.3 is 13.7 Å². The van der Waals surface area contributed by atoms with Crippen molar-refractivity contribution >= 4 is 20.1 Å². The molecule has 164 valence electrons. The minimum atomic E-state index is -1.96. The minimum Gasteiger partial charge on any atom is -0.444 e. The third-order valence-corrected chi connectivity index (χ3v) is 10.4. The summed E-state index contributed by atoms with van der Waals surface area (Å²) in [6.45, 7) is 16.6. The number of rotatable bonds is 4. The van der Waals surface area contributed by atoms with Gasteiger partial charge in [-0.2, -0.15) is 0 Å². The van der Waals surface area contributed by atoms with Crippen molar-refractivity contribution in [2.24, 2.45) is 0 Å². The zero-order valence-electron chi connectivity index (χ0n) is 19.3. The summed E-state index contributed by atoms with van der Waals surface area (Å²) < 4.78 is 13.7. The molecule has 2 atom stereocenters. The van der Waals surface area contributed by atoms with Crippen molar-refractivity contribution in [3.63, 3.8) is 0 Å².